The van der Waals surface area contributed by atoms with Gasteiger partial charge in [-0.25, -0.2) is 0 Å². The maximum absolute atomic E-state index is 13.0. The Labute approximate surface area is 181 Å². The molecule has 5 nitrogen and oxygen atoms in total. The third-order valence-corrected chi connectivity index (χ3v) is 5.29. The summed E-state index contributed by atoms with van der Waals surface area (Å²) in [4.78, 5) is 27.2. The van der Waals surface area contributed by atoms with E-state index in [-0.39, 0.29) is 24.5 Å². The van der Waals surface area contributed by atoms with Crippen LogP contribution in [0.1, 0.15) is 38.3 Å². The smallest absolute Gasteiger partial charge is 0.261 e. The van der Waals surface area contributed by atoms with Crippen molar-refractivity contribution in [2.24, 2.45) is 0 Å². The van der Waals surface area contributed by atoms with Gasteiger partial charge in [-0.1, -0.05) is 52.7 Å². The van der Waals surface area contributed by atoms with Crippen LogP contribution < -0.4 is 10.1 Å². The second-order valence-electron chi connectivity index (χ2n) is 7.25. The number of hydrogen-bond acceptors (Lipinski definition) is 3. The van der Waals surface area contributed by atoms with Crippen LogP contribution in [0, 0.1) is 6.92 Å². The number of benzene rings is 2. The molecule has 2 atom stereocenters. The lowest BCUT2D eigenvalue weighted by Crippen LogP contribution is -2.50. The van der Waals surface area contributed by atoms with Crippen molar-refractivity contribution in [2.45, 2.75) is 52.7 Å². The monoisotopic (exact) mass is 460 g/mol. The van der Waals surface area contributed by atoms with Gasteiger partial charge in [-0.05, 0) is 57.0 Å². The largest absolute Gasteiger partial charge is 0.484 e. The molecule has 0 saturated heterocycles. The summed E-state index contributed by atoms with van der Waals surface area (Å²) in [6, 6.07) is 14.7. The second kappa shape index (κ2) is 11.0. The van der Waals surface area contributed by atoms with Crippen molar-refractivity contribution in [2.75, 3.05) is 6.61 Å². The van der Waals surface area contributed by atoms with E-state index in [4.69, 9.17) is 4.74 Å². The highest BCUT2D eigenvalue weighted by Crippen LogP contribution is 2.16. The molecule has 1 N–H and O–H groups in total. The zero-order chi connectivity index (χ0) is 21.4. The van der Waals surface area contributed by atoms with Crippen LogP contribution in [0.4, 0.5) is 0 Å². The van der Waals surface area contributed by atoms with Gasteiger partial charge >= 0.3 is 0 Å². The summed E-state index contributed by atoms with van der Waals surface area (Å²) in [5.41, 5.74) is 2.06. The van der Waals surface area contributed by atoms with Crippen molar-refractivity contribution in [3.05, 3.63) is 64.1 Å². The normalized spacial score (nSPS) is 12.7. The number of amides is 2. The van der Waals surface area contributed by atoms with Crippen LogP contribution in [0.25, 0.3) is 0 Å². The van der Waals surface area contributed by atoms with Crippen LogP contribution in [-0.4, -0.2) is 35.4 Å². The van der Waals surface area contributed by atoms with Crippen LogP contribution in [-0.2, 0) is 16.1 Å². The van der Waals surface area contributed by atoms with Gasteiger partial charge in [-0.3, -0.25) is 9.59 Å². The Balaban J connectivity index is 2.14. The predicted molar refractivity (Wildman–Crippen MR) is 119 cm³/mol. The molecule has 2 amide bonds. The van der Waals surface area contributed by atoms with E-state index < -0.39 is 6.04 Å². The topological polar surface area (TPSA) is 58.6 Å². The number of aryl methyl sites for hydroxylation is 1. The van der Waals surface area contributed by atoms with E-state index in [0.717, 1.165) is 22.0 Å². The summed E-state index contributed by atoms with van der Waals surface area (Å²) in [5.74, 6) is 0.221. The summed E-state index contributed by atoms with van der Waals surface area (Å²) < 4.78 is 6.59. The SMILES string of the molecule is CC[C@@H](C)NC(=O)[C@H](C)N(Cc1cccc(Br)c1)C(=O)COc1ccc(C)cc1. The number of nitrogens with zero attached hydrogens (tertiary/aromatic N) is 1. The number of carbonyl (C=O) groups is 2. The van der Waals surface area contributed by atoms with E-state index in [0.29, 0.717) is 12.3 Å². The average Bonchev–Trinajstić information content (AvgIpc) is 2.70. The molecule has 2 rings (SSSR count). The van der Waals surface area contributed by atoms with Gasteiger partial charge in [0, 0.05) is 17.1 Å². The lowest BCUT2D eigenvalue weighted by molar-refractivity contribution is -0.142. The van der Waals surface area contributed by atoms with Crippen molar-refractivity contribution in [3.63, 3.8) is 0 Å². The molecule has 29 heavy (non-hydrogen) atoms. The van der Waals surface area contributed by atoms with E-state index in [9.17, 15) is 9.59 Å². The highest BCUT2D eigenvalue weighted by atomic mass is 79.9. The molecular weight excluding hydrogens is 432 g/mol. The van der Waals surface area contributed by atoms with E-state index in [1.165, 1.54) is 0 Å². The molecule has 0 saturated carbocycles. The third kappa shape index (κ3) is 7.20. The first-order chi connectivity index (χ1) is 13.8. The van der Waals surface area contributed by atoms with Gasteiger partial charge in [0.05, 0.1) is 0 Å². The number of nitrogens with one attached hydrogen (secondary N) is 1. The summed E-state index contributed by atoms with van der Waals surface area (Å²) >= 11 is 3.46. The number of ether oxygens (including phenoxy) is 1. The van der Waals surface area contributed by atoms with Crippen LogP contribution in [0.2, 0.25) is 0 Å². The quantitative estimate of drug-likeness (QED) is 0.600. The maximum atomic E-state index is 13.0. The van der Waals surface area contributed by atoms with E-state index in [1.807, 2.05) is 69.3 Å². The number of hydrogen-bond donors (Lipinski definition) is 1. The van der Waals surface area contributed by atoms with Gasteiger partial charge in [0.25, 0.3) is 5.91 Å². The van der Waals surface area contributed by atoms with Gasteiger partial charge in [-0.15, -0.1) is 0 Å². The van der Waals surface area contributed by atoms with Crippen molar-refractivity contribution in [1.82, 2.24) is 10.2 Å². The zero-order valence-corrected chi connectivity index (χ0v) is 19.0. The molecule has 0 fully saturated rings. The first kappa shape index (κ1) is 22.9. The first-order valence-electron chi connectivity index (χ1n) is 9.84. The third-order valence-electron chi connectivity index (χ3n) is 4.79. The fourth-order valence-electron chi connectivity index (χ4n) is 2.74. The fraction of sp³-hybridized carbons (Fsp3) is 0.391. The standard InChI is InChI=1S/C23H29BrN2O3/c1-5-17(3)25-23(28)18(4)26(14-19-7-6-8-20(24)13-19)22(27)15-29-21-11-9-16(2)10-12-21/h6-13,17-18H,5,14-15H2,1-4H3,(H,25,28)/t17-,18+/m1/s1. The Morgan fingerprint density at radius 3 is 2.45 bits per heavy atom. The molecule has 2 aromatic rings. The molecule has 0 radical (unpaired) electrons. The molecule has 0 heterocycles. The summed E-state index contributed by atoms with van der Waals surface area (Å²) in [7, 11) is 0. The molecule has 0 aliphatic heterocycles. The molecule has 0 spiro atoms. The molecule has 0 aliphatic rings. The highest BCUT2D eigenvalue weighted by Gasteiger charge is 2.27. The van der Waals surface area contributed by atoms with E-state index >= 15 is 0 Å². The van der Waals surface area contributed by atoms with Crippen molar-refractivity contribution in [3.8, 4) is 5.75 Å². The van der Waals surface area contributed by atoms with Gasteiger partial charge in [-0.2, -0.15) is 0 Å². The van der Waals surface area contributed by atoms with Crippen molar-refractivity contribution >= 4 is 27.7 Å². The first-order valence-corrected chi connectivity index (χ1v) is 10.6. The average molecular weight is 461 g/mol. The highest BCUT2D eigenvalue weighted by molar-refractivity contribution is 9.10. The number of carbonyl (C=O) groups excluding carboxylic acids is 2. The lowest BCUT2D eigenvalue weighted by atomic mass is 10.1. The minimum atomic E-state index is -0.614. The molecule has 0 aliphatic carbocycles. The predicted octanol–water partition coefficient (Wildman–Crippen LogP) is 4.47. The van der Waals surface area contributed by atoms with Gasteiger partial charge in [0.1, 0.15) is 11.8 Å². The van der Waals surface area contributed by atoms with Crippen LogP contribution in [0.3, 0.4) is 0 Å². The fourth-order valence-corrected chi connectivity index (χ4v) is 3.19. The maximum Gasteiger partial charge on any atom is 0.261 e. The van der Waals surface area contributed by atoms with E-state index in [2.05, 4.69) is 21.2 Å². The van der Waals surface area contributed by atoms with E-state index in [1.54, 1.807) is 11.8 Å². The Morgan fingerprint density at radius 2 is 1.83 bits per heavy atom. The van der Waals surface area contributed by atoms with Crippen LogP contribution in [0.5, 0.6) is 5.75 Å². The molecular formula is C23H29BrN2O3. The van der Waals surface area contributed by atoms with Crippen LogP contribution in [0.15, 0.2) is 53.0 Å². The minimum absolute atomic E-state index is 0.0524. The molecule has 0 bridgehead atoms. The van der Waals surface area contributed by atoms with Gasteiger partial charge in [0.15, 0.2) is 6.61 Å². The molecule has 2 aromatic carbocycles. The second-order valence-corrected chi connectivity index (χ2v) is 8.16. The minimum Gasteiger partial charge on any atom is -0.484 e. The Hall–Kier alpha value is -2.34. The lowest BCUT2D eigenvalue weighted by Gasteiger charge is -2.29. The zero-order valence-electron chi connectivity index (χ0n) is 17.4. The molecule has 6 heteroatoms. The van der Waals surface area contributed by atoms with Crippen molar-refractivity contribution < 1.29 is 14.3 Å². The summed E-state index contributed by atoms with van der Waals surface area (Å²) in [6.07, 6.45) is 0.828. The summed E-state index contributed by atoms with van der Waals surface area (Å²) in [6.45, 7) is 7.90. The molecule has 0 unspecified atom stereocenters. The molecule has 0 aromatic heterocycles. The van der Waals surface area contributed by atoms with Gasteiger partial charge < -0.3 is 15.0 Å². The number of rotatable bonds is 9. The molecule has 156 valence electrons. The Bertz CT molecular complexity index is 823. The van der Waals surface area contributed by atoms with Gasteiger partial charge in [0.2, 0.25) is 5.91 Å². The Kier molecular flexibility index (Phi) is 8.70. The summed E-state index contributed by atoms with van der Waals surface area (Å²) in [5, 5.41) is 2.96. The van der Waals surface area contributed by atoms with Crippen molar-refractivity contribution in [1.29, 1.82) is 0 Å². The number of halogens is 1. The van der Waals surface area contributed by atoms with Crippen LogP contribution >= 0.6 is 15.9 Å². The Morgan fingerprint density at radius 1 is 1.14 bits per heavy atom.